The van der Waals surface area contributed by atoms with Gasteiger partial charge in [0.15, 0.2) is 0 Å². The molecule has 19 heavy (non-hydrogen) atoms. The van der Waals surface area contributed by atoms with E-state index in [4.69, 9.17) is 5.11 Å². The Kier molecular flexibility index (Phi) is 5.72. The lowest BCUT2D eigenvalue weighted by atomic mass is 10.1. The van der Waals surface area contributed by atoms with Gasteiger partial charge in [0, 0.05) is 12.0 Å². The minimum Gasteiger partial charge on any atom is -0.481 e. The SMILES string of the molecule is CC(CCNS(=O)(=O)/C=C/c1ccccc1)C(=O)O. The number of carboxylic acids is 1. The van der Waals surface area contributed by atoms with Crippen molar-refractivity contribution in [1.82, 2.24) is 4.72 Å². The highest BCUT2D eigenvalue weighted by atomic mass is 32.2. The van der Waals surface area contributed by atoms with E-state index in [2.05, 4.69) is 4.72 Å². The molecule has 0 spiro atoms. The maximum atomic E-state index is 11.6. The van der Waals surface area contributed by atoms with Crippen LogP contribution in [0.5, 0.6) is 0 Å². The van der Waals surface area contributed by atoms with Gasteiger partial charge in [0.1, 0.15) is 0 Å². The first-order valence-corrected chi connectivity index (χ1v) is 7.41. The number of carboxylic acid groups (broad SMARTS) is 1. The van der Waals surface area contributed by atoms with Crippen molar-refractivity contribution in [1.29, 1.82) is 0 Å². The van der Waals surface area contributed by atoms with Crippen LogP contribution in [-0.2, 0) is 14.8 Å². The van der Waals surface area contributed by atoms with E-state index < -0.39 is 21.9 Å². The Morgan fingerprint density at radius 2 is 2.00 bits per heavy atom. The lowest BCUT2D eigenvalue weighted by molar-refractivity contribution is -0.141. The second-order valence-electron chi connectivity index (χ2n) is 4.18. The third kappa shape index (κ3) is 6.17. The summed E-state index contributed by atoms with van der Waals surface area (Å²) in [7, 11) is -3.52. The van der Waals surface area contributed by atoms with Crippen LogP contribution < -0.4 is 4.72 Å². The predicted molar refractivity (Wildman–Crippen MR) is 73.8 cm³/mol. The lowest BCUT2D eigenvalue weighted by Gasteiger charge is -2.06. The molecule has 0 amide bonds. The van der Waals surface area contributed by atoms with E-state index in [9.17, 15) is 13.2 Å². The molecular weight excluding hydrogens is 266 g/mol. The van der Waals surface area contributed by atoms with Gasteiger partial charge in [-0.15, -0.1) is 0 Å². The Morgan fingerprint density at radius 1 is 1.37 bits per heavy atom. The molecule has 1 unspecified atom stereocenters. The van der Waals surface area contributed by atoms with Gasteiger partial charge in [0.05, 0.1) is 5.92 Å². The summed E-state index contributed by atoms with van der Waals surface area (Å²) in [6, 6.07) is 9.05. The Morgan fingerprint density at radius 3 is 2.58 bits per heavy atom. The first kappa shape index (κ1) is 15.4. The summed E-state index contributed by atoms with van der Waals surface area (Å²) in [4.78, 5) is 10.6. The van der Waals surface area contributed by atoms with Crippen molar-refractivity contribution in [2.45, 2.75) is 13.3 Å². The molecule has 0 radical (unpaired) electrons. The van der Waals surface area contributed by atoms with Crippen LogP contribution in [-0.4, -0.2) is 26.0 Å². The molecule has 1 aromatic carbocycles. The molecule has 5 nitrogen and oxygen atoms in total. The minimum atomic E-state index is -3.52. The molecule has 1 rings (SSSR count). The van der Waals surface area contributed by atoms with Crippen molar-refractivity contribution in [3.05, 3.63) is 41.3 Å². The fraction of sp³-hybridized carbons (Fsp3) is 0.308. The third-order valence-electron chi connectivity index (χ3n) is 2.54. The van der Waals surface area contributed by atoms with Crippen LogP contribution in [0.3, 0.4) is 0 Å². The van der Waals surface area contributed by atoms with Crippen LogP contribution in [0.1, 0.15) is 18.9 Å². The molecule has 0 bridgehead atoms. The van der Waals surface area contributed by atoms with Gasteiger partial charge < -0.3 is 5.11 Å². The highest BCUT2D eigenvalue weighted by Crippen LogP contribution is 2.04. The van der Waals surface area contributed by atoms with Crippen molar-refractivity contribution >= 4 is 22.1 Å². The summed E-state index contributed by atoms with van der Waals surface area (Å²) in [6.07, 6.45) is 1.75. The first-order valence-electron chi connectivity index (χ1n) is 5.86. The normalized spacial score (nSPS) is 13.5. The zero-order valence-electron chi connectivity index (χ0n) is 10.6. The van der Waals surface area contributed by atoms with Gasteiger partial charge in [-0.3, -0.25) is 4.79 Å². The number of hydrogen-bond acceptors (Lipinski definition) is 3. The molecule has 0 fully saturated rings. The van der Waals surface area contributed by atoms with Gasteiger partial charge in [0.2, 0.25) is 10.0 Å². The smallest absolute Gasteiger partial charge is 0.306 e. The highest BCUT2D eigenvalue weighted by Gasteiger charge is 2.12. The van der Waals surface area contributed by atoms with Crippen LogP contribution in [0.4, 0.5) is 0 Å². The highest BCUT2D eigenvalue weighted by molar-refractivity contribution is 7.92. The van der Waals surface area contributed by atoms with Gasteiger partial charge in [0.25, 0.3) is 0 Å². The van der Waals surface area contributed by atoms with Crippen LogP contribution in [0, 0.1) is 5.92 Å². The van der Waals surface area contributed by atoms with Gasteiger partial charge >= 0.3 is 5.97 Å². The number of benzene rings is 1. The summed E-state index contributed by atoms with van der Waals surface area (Å²) >= 11 is 0. The Labute approximate surface area is 113 Å². The van der Waals surface area contributed by atoms with Crippen molar-refractivity contribution < 1.29 is 18.3 Å². The van der Waals surface area contributed by atoms with E-state index in [0.717, 1.165) is 11.0 Å². The predicted octanol–water partition coefficient (Wildman–Crippen LogP) is 1.69. The quantitative estimate of drug-likeness (QED) is 0.797. The maximum Gasteiger partial charge on any atom is 0.306 e. The van der Waals surface area contributed by atoms with E-state index in [1.807, 2.05) is 18.2 Å². The minimum absolute atomic E-state index is 0.106. The number of sulfonamides is 1. The average molecular weight is 283 g/mol. The molecule has 0 aromatic heterocycles. The zero-order valence-corrected chi connectivity index (χ0v) is 11.4. The van der Waals surface area contributed by atoms with Crippen LogP contribution >= 0.6 is 0 Å². The second kappa shape index (κ2) is 7.06. The molecule has 0 aliphatic rings. The van der Waals surface area contributed by atoms with Crippen LogP contribution in [0.15, 0.2) is 35.7 Å². The van der Waals surface area contributed by atoms with E-state index in [1.165, 1.54) is 13.0 Å². The molecule has 0 aliphatic carbocycles. The Balaban J connectivity index is 2.49. The summed E-state index contributed by atoms with van der Waals surface area (Å²) < 4.78 is 25.6. The maximum absolute atomic E-state index is 11.6. The number of carbonyl (C=O) groups is 1. The molecule has 0 heterocycles. The number of rotatable bonds is 7. The van der Waals surface area contributed by atoms with Gasteiger partial charge in [-0.25, -0.2) is 13.1 Å². The fourth-order valence-corrected chi connectivity index (χ4v) is 2.16. The summed E-state index contributed by atoms with van der Waals surface area (Å²) in [5.74, 6) is -1.50. The summed E-state index contributed by atoms with van der Waals surface area (Å²) in [5, 5.41) is 9.75. The molecule has 2 N–H and O–H groups in total. The van der Waals surface area contributed by atoms with E-state index in [0.29, 0.717) is 0 Å². The number of aliphatic carboxylic acids is 1. The van der Waals surface area contributed by atoms with Crippen LogP contribution in [0.2, 0.25) is 0 Å². The van der Waals surface area contributed by atoms with Gasteiger partial charge in [-0.05, 0) is 18.1 Å². The Bertz CT molecular complexity index is 537. The van der Waals surface area contributed by atoms with E-state index in [1.54, 1.807) is 12.1 Å². The zero-order chi connectivity index (χ0) is 14.3. The first-order chi connectivity index (χ1) is 8.91. The van der Waals surface area contributed by atoms with Crippen molar-refractivity contribution in [3.8, 4) is 0 Å². The molecule has 0 saturated carbocycles. The molecule has 104 valence electrons. The molecule has 1 aromatic rings. The number of hydrogen-bond donors (Lipinski definition) is 2. The fourth-order valence-electron chi connectivity index (χ4n) is 1.32. The molecular formula is C13H17NO4S. The van der Waals surface area contributed by atoms with Crippen molar-refractivity contribution in [2.75, 3.05) is 6.54 Å². The van der Waals surface area contributed by atoms with Crippen molar-refractivity contribution in [3.63, 3.8) is 0 Å². The molecule has 1 atom stereocenters. The van der Waals surface area contributed by atoms with Gasteiger partial charge in [-0.1, -0.05) is 37.3 Å². The summed E-state index contributed by atoms with van der Waals surface area (Å²) in [6.45, 7) is 1.64. The van der Waals surface area contributed by atoms with Gasteiger partial charge in [-0.2, -0.15) is 0 Å². The number of nitrogens with one attached hydrogen (secondary N) is 1. The van der Waals surface area contributed by atoms with Crippen molar-refractivity contribution in [2.24, 2.45) is 5.92 Å². The second-order valence-corrected chi connectivity index (χ2v) is 5.83. The van der Waals surface area contributed by atoms with E-state index >= 15 is 0 Å². The largest absolute Gasteiger partial charge is 0.481 e. The topological polar surface area (TPSA) is 83.5 Å². The molecule has 0 aliphatic heterocycles. The molecule has 0 saturated heterocycles. The monoisotopic (exact) mass is 283 g/mol. The lowest BCUT2D eigenvalue weighted by Crippen LogP contribution is -2.25. The van der Waals surface area contributed by atoms with Crippen LogP contribution in [0.25, 0.3) is 6.08 Å². The molecule has 6 heteroatoms. The Hall–Kier alpha value is -1.66. The average Bonchev–Trinajstić information content (AvgIpc) is 2.37. The summed E-state index contributed by atoms with van der Waals surface area (Å²) in [5.41, 5.74) is 0.784. The third-order valence-corrected chi connectivity index (χ3v) is 3.64. The standard InChI is InChI=1S/C13H17NO4S/c1-11(13(15)16)7-9-14-19(17,18)10-8-12-5-3-2-4-6-12/h2-6,8,10-11,14H,7,9H2,1H3,(H,15,16)/b10-8+. The van der Waals surface area contributed by atoms with E-state index in [-0.39, 0.29) is 13.0 Å².